The Balaban J connectivity index is 0.0000101. The van der Waals surface area contributed by atoms with Gasteiger partial charge in [0, 0.05) is 0 Å². The first-order valence-electron chi connectivity index (χ1n) is 25.2. The molecule has 7 rings (SSSR count). The number of ether oxygens (including phenoxy) is 13. The Morgan fingerprint density at radius 3 is 0.588 bits per heavy atom. The predicted octanol–water partition coefficient (Wildman–Crippen LogP) is -13.6. The van der Waals surface area contributed by atoms with E-state index in [0.717, 1.165) is 0 Å². The van der Waals surface area contributed by atoms with Crippen LogP contribution in [0, 0.1) is 0 Å². The Labute approximate surface area is 528 Å². The zero-order valence-corrected chi connectivity index (χ0v) is 50.2. The second kappa shape index (κ2) is 37.5. The fraction of sp³-hybridized carbons (Fsp3) is 1.00. The lowest BCUT2D eigenvalue weighted by atomic mass is 9.93. The smallest absolute Gasteiger partial charge is 0.176 e. The third-order valence-corrected chi connectivity index (χ3v) is 15.1. The minimum Gasteiger partial charge on any atom is -0.394 e. The molecular formula is C42H86Cl7N7O29. The molecule has 0 aromatic rings. The van der Waals surface area contributed by atoms with E-state index in [1.807, 2.05) is 0 Å². The van der Waals surface area contributed by atoms with Crippen LogP contribution in [0.1, 0.15) is 0 Å². The molecule has 7 fully saturated rings. The van der Waals surface area contributed by atoms with Crippen molar-refractivity contribution in [2.45, 2.75) is 215 Å². The van der Waals surface area contributed by atoms with Crippen LogP contribution in [0.25, 0.3) is 0 Å². The quantitative estimate of drug-likeness (QED) is 0.0571. The summed E-state index contributed by atoms with van der Waals surface area (Å²) in [6.07, 6.45) is -44.9. The van der Waals surface area contributed by atoms with Crippen molar-refractivity contribution in [3.05, 3.63) is 0 Å². The van der Waals surface area contributed by atoms with Gasteiger partial charge in [-0.2, -0.15) is 0 Å². The van der Waals surface area contributed by atoms with Gasteiger partial charge in [-0.15, -0.1) is 86.8 Å². The molecule has 35 atom stereocenters. The zero-order valence-electron chi connectivity index (χ0n) is 44.5. The number of aliphatic hydroxyl groups excluding tert-OH is 16. The molecule has 0 aromatic carbocycles. The fourth-order valence-corrected chi connectivity index (χ4v) is 10.3. The number of nitrogens with two attached hydrogens (primary N) is 7. The molecule has 7 heterocycles. The Kier molecular flexibility index (Phi) is 37.7. The van der Waals surface area contributed by atoms with Crippen molar-refractivity contribution in [3.63, 3.8) is 0 Å². The fourth-order valence-electron chi connectivity index (χ4n) is 10.3. The molecule has 0 aromatic heterocycles. The molecule has 36 nitrogen and oxygen atoms in total. The molecule has 7 saturated heterocycles. The van der Waals surface area contributed by atoms with Crippen molar-refractivity contribution in [1.82, 2.24) is 0 Å². The van der Waals surface area contributed by atoms with Gasteiger partial charge in [0.1, 0.15) is 128 Å². The van der Waals surface area contributed by atoms with Crippen molar-refractivity contribution in [1.29, 1.82) is 0 Å². The van der Waals surface area contributed by atoms with E-state index >= 15 is 0 Å². The van der Waals surface area contributed by atoms with E-state index in [-0.39, 0.29) is 86.8 Å². The SMILES string of the molecule is Cl.Cl.Cl.Cl.Cl.Cl.Cl.NC1C(OC2C(CO)OC(OC3C(CO)OC(OC4C(CO)OC(OC5C(CO)OC(OC6C(CO)OC(OC7C(CO)OC(O)C(N)C7O)C(N)C6O)C(N)C5O)C(N)C4O)C(N)C3O)C(N)C2O)OC(CO)C(O)C1O. The van der Waals surface area contributed by atoms with Gasteiger partial charge in [0.2, 0.25) is 0 Å². The highest BCUT2D eigenvalue weighted by molar-refractivity contribution is 5.86. The Hall–Kier alpha value is 0.590. The number of hydrogen-bond acceptors (Lipinski definition) is 36. The summed E-state index contributed by atoms with van der Waals surface area (Å²) in [6, 6.07) is -10.6. The molecule has 0 saturated carbocycles. The molecule has 30 N–H and O–H groups in total. The second-order valence-corrected chi connectivity index (χ2v) is 20.2. The Bertz CT molecular complexity index is 1870. The van der Waals surface area contributed by atoms with E-state index in [9.17, 15) is 81.7 Å². The van der Waals surface area contributed by atoms with Crippen LogP contribution in [0.2, 0.25) is 0 Å². The molecule has 0 aliphatic carbocycles. The first kappa shape index (κ1) is 85.6. The molecule has 0 spiro atoms. The molecule has 35 unspecified atom stereocenters. The van der Waals surface area contributed by atoms with Gasteiger partial charge in [-0.1, -0.05) is 0 Å². The van der Waals surface area contributed by atoms with Crippen LogP contribution >= 0.6 is 86.8 Å². The summed E-state index contributed by atoms with van der Waals surface area (Å²) < 4.78 is 75.1. The first-order valence-corrected chi connectivity index (χ1v) is 25.2. The molecule has 512 valence electrons. The van der Waals surface area contributed by atoms with Gasteiger partial charge >= 0.3 is 0 Å². The van der Waals surface area contributed by atoms with E-state index in [4.69, 9.17) is 102 Å². The summed E-state index contributed by atoms with van der Waals surface area (Å²) in [4.78, 5) is 0. The molecule has 43 heteroatoms. The van der Waals surface area contributed by atoms with Crippen LogP contribution in [-0.2, 0) is 61.6 Å². The first-order chi connectivity index (χ1) is 37.0. The highest BCUT2D eigenvalue weighted by Gasteiger charge is 2.57. The lowest BCUT2D eigenvalue weighted by Crippen LogP contribution is -2.71. The van der Waals surface area contributed by atoms with Gasteiger partial charge in [-0.25, -0.2) is 0 Å². The van der Waals surface area contributed by atoms with Crippen LogP contribution < -0.4 is 40.1 Å². The van der Waals surface area contributed by atoms with E-state index in [1.54, 1.807) is 0 Å². The Morgan fingerprint density at radius 2 is 0.388 bits per heavy atom. The van der Waals surface area contributed by atoms with Gasteiger partial charge < -0.3 is 183 Å². The van der Waals surface area contributed by atoms with Crippen LogP contribution in [-0.4, -0.2) is 342 Å². The van der Waals surface area contributed by atoms with Crippen LogP contribution in [0.15, 0.2) is 0 Å². The number of aliphatic hydroxyl groups is 16. The summed E-state index contributed by atoms with van der Waals surface area (Å²) in [5.41, 5.74) is 43.4. The van der Waals surface area contributed by atoms with Gasteiger partial charge in [0.25, 0.3) is 0 Å². The maximum atomic E-state index is 11.5. The minimum absolute atomic E-state index is 0. The predicted molar refractivity (Wildman–Crippen MR) is 296 cm³/mol. The molecule has 85 heavy (non-hydrogen) atoms. The highest BCUT2D eigenvalue weighted by Crippen LogP contribution is 2.36. The van der Waals surface area contributed by atoms with Gasteiger partial charge in [0.05, 0.1) is 88.5 Å². The molecule has 0 amide bonds. The van der Waals surface area contributed by atoms with Crippen LogP contribution in [0.4, 0.5) is 0 Å². The maximum absolute atomic E-state index is 11.5. The summed E-state index contributed by atoms with van der Waals surface area (Å²) in [5.74, 6) is 0. The third kappa shape index (κ3) is 18.1. The number of hydrogen-bond donors (Lipinski definition) is 23. The average molecular weight is 1400 g/mol. The summed E-state index contributed by atoms with van der Waals surface area (Å²) in [6.45, 7) is -5.87. The molecule has 7 aliphatic heterocycles. The molecule has 0 radical (unpaired) electrons. The average Bonchev–Trinajstić information content (AvgIpc) is 3.52. The molecule has 7 aliphatic rings. The standard InChI is InChI=1S/C42H79N7O29.7ClH/c43-15-24(59)30(9(2-51)66-36(15)65)73-38-17(45)26(61)32(11(4-53)68-38)75-40-19(47)28(63)34(13(6-55)70-40)77-42-21(49)29(64)35(14(7-56)72-42)78-41-20(48)27(62)33(12(5-54)71-41)76-39-18(46)25(60)31(10(3-52)69-39)74-37-16(44)23(58)22(57)8(1-50)67-37;;;;;;;/h8-42,50-65H,1-7,43-49H2;7*1H. The van der Waals surface area contributed by atoms with Gasteiger partial charge in [-0.3, -0.25) is 0 Å². The number of halogens is 7. The van der Waals surface area contributed by atoms with Crippen molar-refractivity contribution in [2.75, 3.05) is 46.2 Å². The van der Waals surface area contributed by atoms with Crippen LogP contribution in [0.3, 0.4) is 0 Å². The molecular weight excluding hydrogens is 1310 g/mol. The summed E-state index contributed by atoms with van der Waals surface area (Å²) in [5, 5.41) is 169. The van der Waals surface area contributed by atoms with E-state index in [1.165, 1.54) is 0 Å². The zero-order chi connectivity index (χ0) is 57.3. The maximum Gasteiger partial charge on any atom is 0.176 e. The van der Waals surface area contributed by atoms with E-state index in [0.29, 0.717) is 0 Å². The van der Waals surface area contributed by atoms with Gasteiger partial charge in [-0.05, 0) is 0 Å². The van der Waals surface area contributed by atoms with Crippen molar-refractivity contribution in [3.8, 4) is 0 Å². The number of rotatable bonds is 19. The third-order valence-electron chi connectivity index (χ3n) is 15.1. The monoisotopic (exact) mass is 1400 g/mol. The minimum atomic E-state index is -1.83. The van der Waals surface area contributed by atoms with Crippen molar-refractivity contribution < 1.29 is 143 Å². The van der Waals surface area contributed by atoms with Crippen molar-refractivity contribution in [2.24, 2.45) is 40.1 Å². The van der Waals surface area contributed by atoms with Crippen LogP contribution in [0.5, 0.6) is 0 Å². The van der Waals surface area contributed by atoms with Gasteiger partial charge in [0.15, 0.2) is 44.0 Å². The summed E-state index contributed by atoms with van der Waals surface area (Å²) in [7, 11) is 0. The summed E-state index contributed by atoms with van der Waals surface area (Å²) >= 11 is 0. The Morgan fingerprint density at radius 1 is 0.224 bits per heavy atom. The topological polar surface area (TPSA) is 626 Å². The van der Waals surface area contributed by atoms with E-state index in [2.05, 4.69) is 0 Å². The normalized spacial score (nSPS) is 49.1. The second-order valence-electron chi connectivity index (χ2n) is 20.2. The van der Waals surface area contributed by atoms with Crippen molar-refractivity contribution >= 4 is 86.8 Å². The van der Waals surface area contributed by atoms with E-state index < -0.39 is 261 Å². The lowest BCUT2D eigenvalue weighted by Gasteiger charge is -2.50. The molecule has 0 bridgehead atoms. The largest absolute Gasteiger partial charge is 0.394 e. The highest BCUT2D eigenvalue weighted by atomic mass is 35.5. The lowest BCUT2D eigenvalue weighted by molar-refractivity contribution is -0.369.